The van der Waals surface area contributed by atoms with Crippen molar-refractivity contribution in [1.82, 2.24) is 10.2 Å². The van der Waals surface area contributed by atoms with E-state index in [0.717, 1.165) is 4.90 Å². The van der Waals surface area contributed by atoms with Crippen LogP contribution >= 0.6 is 0 Å². The molecule has 1 aliphatic rings. The van der Waals surface area contributed by atoms with E-state index in [0.29, 0.717) is 12.6 Å². The second-order valence-corrected chi connectivity index (χ2v) is 4.59. The SMILES string of the molecule is CN(C(=O)c1cc(F)c(F)c(O)c1F)[C@@H]1CNC[C@H]1O. The Bertz CT molecular complexity index is 553. The van der Waals surface area contributed by atoms with Crippen molar-refractivity contribution < 1.29 is 28.2 Å². The lowest BCUT2D eigenvalue weighted by molar-refractivity contribution is 0.0575. The lowest BCUT2D eigenvalue weighted by Crippen LogP contribution is -2.44. The maximum atomic E-state index is 13.7. The molecule has 1 amide bonds. The maximum absolute atomic E-state index is 13.7. The fourth-order valence-corrected chi connectivity index (χ4v) is 2.13. The van der Waals surface area contributed by atoms with Crippen LogP contribution in [0.4, 0.5) is 13.2 Å². The van der Waals surface area contributed by atoms with Crippen LogP contribution in [0, 0.1) is 17.5 Å². The van der Waals surface area contributed by atoms with Crippen LogP contribution in [0.25, 0.3) is 0 Å². The van der Waals surface area contributed by atoms with Gasteiger partial charge in [-0.1, -0.05) is 0 Å². The maximum Gasteiger partial charge on any atom is 0.257 e. The number of phenolic OH excluding ortho intramolecular Hbond substituents is 1. The number of phenols is 1. The van der Waals surface area contributed by atoms with Crippen molar-refractivity contribution in [3.05, 3.63) is 29.1 Å². The fourth-order valence-electron chi connectivity index (χ4n) is 2.13. The fraction of sp³-hybridized carbons (Fsp3) is 0.417. The van der Waals surface area contributed by atoms with Crippen molar-refractivity contribution in [1.29, 1.82) is 0 Å². The average molecular weight is 290 g/mol. The molecule has 0 saturated carbocycles. The predicted octanol–water partition coefficient (Wildman–Crippen LogP) is 0.214. The monoisotopic (exact) mass is 290 g/mol. The summed E-state index contributed by atoms with van der Waals surface area (Å²) in [4.78, 5) is 13.1. The zero-order valence-corrected chi connectivity index (χ0v) is 10.5. The Labute approximate surface area is 112 Å². The van der Waals surface area contributed by atoms with Crippen LogP contribution in [-0.4, -0.2) is 53.3 Å². The number of aliphatic hydroxyl groups is 1. The minimum atomic E-state index is -1.75. The molecule has 0 spiro atoms. The highest BCUT2D eigenvalue weighted by atomic mass is 19.2. The van der Waals surface area contributed by atoms with Crippen LogP contribution in [0.2, 0.25) is 0 Å². The van der Waals surface area contributed by atoms with Gasteiger partial charge in [0.15, 0.2) is 17.4 Å². The van der Waals surface area contributed by atoms with Gasteiger partial charge in [0.05, 0.1) is 17.7 Å². The quantitative estimate of drug-likeness (QED) is 0.681. The second kappa shape index (κ2) is 5.29. The van der Waals surface area contributed by atoms with Gasteiger partial charge in [-0.05, 0) is 6.07 Å². The summed E-state index contributed by atoms with van der Waals surface area (Å²) < 4.78 is 39.8. The summed E-state index contributed by atoms with van der Waals surface area (Å²) in [6.45, 7) is 0.564. The number of carbonyl (C=O) groups excluding carboxylic acids is 1. The van der Waals surface area contributed by atoms with Crippen molar-refractivity contribution in [3.63, 3.8) is 0 Å². The number of amides is 1. The van der Waals surface area contributed by atoms with E-state index >= 15 is 0 Å². The lowest BCUT2D eigenvalue weighted by atomic mass is 10.1. The van der Waals surface area contributed by atoms with Crippen molar-refractivity contribution in [2.45, 2.75) is 12.1 Å². The van der Waals surface area contributed by atoms with Gasteiger partial charge >= 0.3 is 0 Å². The summed E-state index contributed by atoms with van der Waals surface area (Å²) in [5.74, 6) is -7.28. The van der Waals surface area contributed by atoms with Crippen LogP contribution in [0.15, 0.2) is 6.07 Å². The summed E-state index contributed by atoms with van der Waals surface area (Å²) in [5.41, 5.74) is -0.789. The number of aromatic hydroxyl groups is 1. The molecule has 2 rings (SSSR count). The minimum absolute atomic E-state index is 0.272. The Hall–Kier alpha value is -1.80. The first-order chi connectivity index (χ1) is 9.34. The zero-order valence-electron chi connectivity index (χ0n) is 10.5. The predicted molar refractivity (Wildman–Crippen MR) is 62.7 cm³/mol. The van der Waals surface area contributed by atoms with Crippen LogP contribution in [0.3, 0.4) is 0 Å². The Morgan fingerprint density at radius 3 is 2.55 bits per heavy atom. The van der Waals surface area contributed by atoms with Gasteiger partial charge in [-0.3, -0.25) is 4.79 Å². The number of rotatable bonds is 2. The molecule has 0 aliphatic carbocycles. The Balaban J connectivity index is 2.34. The molecule has 1 aliphatic heterocycles. The number of benzene rings is 1. The highest BCUT2D eigenvalue weighted by Gasteiger charge is 2.33. The van der Waals surface area contributed by atoms with Crippen LogP contribution in [-0.2, 0) is 0 Å². The summed E-state index contributed by atoms with van der Waals surface area (Å²) in [6, 6.07) is -0.227. The van der Waals surface area contributed by atoms with Gasteiger partial charge in [0.25, 0.3) is 5.91 Å². The third-order valence-corrected chi connectivity index (χ3v) is 3.33. The number of nitrogens with one attached hydrogen (secondary N) is 1. The average Bonchev–Trinajstić information content (AvgIpc) is 2.85. The number of likely N-dealkylation sites (N-methyl/N-ethyl adjacent to an activating group) is 1. The molecule has 0 radical (unpaired) electrons. The molecule has 1 aromatic rings. The number of β-amino-alcohol motifs (C(OH)–C–C–N with tert-alkyl or cyclic N) is 1. The third-order valence-electron chi connectivity index (χ3n) is 3.33. The number of hydrogen-bond donors (Lipinski definition) is 3. The van der Waals surface area contributed by atoms with Crippen LogP contribution in [0.1, 0.15) is 10.4 Å². The molecule has 20 heavy (non-hydrogen) atoms. The molecule has 3 N–H and O–H groups in total. The molecule has 0 aromatic heterocycles. The molecule has 5 nitrogen and oxygen atoms in total. The Morgan fingerprint density at radius 1 is 1.35 bits per heavy atom. The largest absolute Gasteiger partial charge is 0.503 e. The van der Waals surface area contributed by atoms with Crippen molar-refractivity contribution in [3.8, 4) is 5.75 Å². The summed E-state index contributed by atoms with van der Waals surface area (Å²) in [5, 5.41) is 21.6. The number of aliphatic hydroxyl groups excluding tert-OH is 1. The van der Waals surface area contributed by atoms with E-state index in [2.05, 4.69) is 5.32 Å². The number of hydrogen-bond acceptors (Lipinski definition) is 4. The lowest BCUT2D eigenvalue weighted by Gasteiger charge is -2.26. The molecule has 1 saturated heterocycles. The van der Waals surface area contributed by atoms with Gasteiger partial charge < -0.3 is 20.4 Å². The first-order valence-electron chi connectivity index (χ1n) is 5.87. The van der Waals surface area contributed by atoms with E-state index in [-0.39, 0.29) is 6.54 Å². The summed E-state index contributed by atoms with van der Waals surface area (Å²) in [6.07, 6.45) is -0.842. The summed E-state index contributed by atoms with van der Waals surface area (Å²) >= 11 is 0. The molecule has 1 fully saturated rings. The molecule has 1 heterocycles. The topological polar surface area (TPSA) is 72.8 Å². The standard InChI is InChI=1S/C12H13F3N2O3/c1-17(7-3-16-4-8(7)18)12(20)5-2-6(13)10(15)11(19)9(5)14/h2,7-8,16,18-19H,3-4H2,1H3/t7-,8-/m1/s1. The smallest absolute Gasteiger partial charge is 0.257 e. The number of nitrogens with zero attached hydrogens (tertiary/aromatic N) is 1. The van der Waals surface area contributed by atoms with Gasteiger partial charge in [0, 0.05) is 20.1 Å². The van der Waals surface area contributed by atoms with Gasteiger partial charge in [-0.2, -0.15) is 4.39 Å². The Kier molecular flexibility index (Phi) is 3.87. The first kappa shape index (κ1) is 14.6. The third kappa shape index (κ3) is 2.32. The van der Waals surface area contributed by atoms with Gasteiger partial charge in [-0.15, -0.1) is 0 Å². The number of carbonyl (C=O) groups is 1. The highest BCUT2D eigenvalue weighted by molar-refractivity contribution is 5.95. The molecule has 2 atom stereocenters. The van der Waals surface area contributed by atoms with Crippen molar-refractivity contribution >= 4 is 5.91 Å². The van der Waals surface area contributed by atoms with E-state index in [9.17, 15) is 23.1 Å². The van der Waals surface area contributed by atoms with Crippen LogP contribution in [0.5, 0.6) is 5.75 Å². The molecule has 110 valence electrons. The van der Waals surface area contributed by atoms with Gasteiger partial charge in [0.1, 0.15) is 0 Å². The van der Waals surface area contributed by atoms with Crippen molar-refractivity contribution in [2.75, 3.05) is 20.1 Å². The molecular weight excluding hydrogens is 277 g/mol. The van der Waals surface area contributed by atoms with Gasteiger partial charge in [-0.25, -0.2) is 8.78 Å². The van der Waals surface area contributed by atoms with E-state index in [1.807, 2.05) is 0 Å². The normalized spacial score (nSPS) is 22.1. The van der Waals surface area contributed by atoms with E-state index in [4.69, 9.17) is 5.11 Å². The highest BCUT2D eigenvalue weighted by Crippen LogP contribution is 2.27. The first-order valence-corrected chi connectivity index (χ1v) is 5.87. The van der Waals surface area contributed by atoms with E-state index in [1.165, 1.54) is 7.05 Å². The molecular formula is C12H13F3N2O3. The molecule has 0 bridgehead atoms. The second-order valence-electron chi connectivity index (χ2n) is 4.59. The van der Waals surface area contributed by atoms with Crippen LogP contribution < -0.4 is 5.32 Å². The zero-order chi connectivity index (χ0) is 15.0. The minimum Gasteiger partial charge on any atom is -0.503 e. The van der Waals surface area contributed by atoms with E-state index < -0.39 is 46.8 Å². The summed E-state index contributed by atoms with van der Waals surface area (Å²) in [7, 11) is 1.31. The van der Waals surface area contributed by atoms with E-state index in [1.54, 1.807) is 0 Å². The molecule has 8 heteroatoms. The number of halogens is 3. The Morgan fingerprint density at radius 2 is 2.00 bits per heavy atom. The molecule has 0 unspecified atom stereocenters. The molecule has 1 aromatic carbocycles. The van der Waals surface area contributed by atoms with Gasteiger partial charge in [0.2, 0.25) is 5.82 Å². The van der Waals surface area contributed by atoms with Crippen molar-refractivity contribution in [2.24, 2.45) is 0 Å².